The minimum Gasteiger partial charge on any atom is -0.328 e. The zero-order chi connectivity index (χ0) is 9.26. The van der Waals surface area contributed by atoms with Crippen LogP contribution in [0.25, 0.3) is 4.96 Å². The highest BCUT2D eigenvalue weighted by Crippen LogP contribution is 2.13. The van der Waals surface area contributed by atoms with Gasteiger partial charge in [0, 0.05) is 12.5 Å². The molecule has 1 atom stereocenters. The average Bonchev–Trinajstić information content (AvgIpc) is 2.58. The van der Waals surface area contributed by atoms with E-state index in [1.165, 1.54) is 0 Å². The van der Waals surface area contributed by atoms with Crippen molar-refractivity contribution in [1.82, 2.24) is 19.8 Å². The predicted molar refractivity (Wildman–Crippen MR) is 50.6 cm³/mol. The molecule has 0 aliphatic rings. The van der Waals surface area contributed by atoms with E-state index < -0.39 is 0 Å². The van der Waals surface area contributed by atoms with Crippen molar-refractivity contribution >= 4 is 16.3 Å². The Hall–Kier alpha value is -1.01. The Bertz CT molecular complexity index is 362. The van der Waals surface area contributed by atoms with Crippen molar-refractivity contribution < 1.29 is 0 Å². The second-order valence-electron chi connectivity index (χ2n) is 3.07. The fraction of sp³-hybridized carbons (Fsp3) is 0.571. The van der Waals surface area contributed by atoms with Crippen molar-refractivity contribution in [3.05, 3.63) is 11.3 Å². The molecule has 0 aromatic carbocycles. The first-order valence-electron chi connectivity index (χ1n) is 4.17. The van der Waals surface area contributed by atoms with E-state index in [-0.39, 0.29) is 6.04 Å². The number of nitrogens with zero attached hydrogens (tertiary/aromatic N) is 4. The van der Waals surface area contributed by atoms with Crippen LogP contribution in [-0.4, -0.2) is 25.9 Å². The van der Waals surface area contributed by atoms with E-state index >= 15 is 0 Å². The van der Waals surface area contributed by atoms with Crippen molar-refractivity contribution in [1.29, 1.82) is 0 Å². The summed E-state index contributed by atoms with van der Waals surface area (Å²) in [5, 5.41) is 13.0. The Balaban J connectivity index is 2.11. The minimum absolute atomic E-state index is 0.231. The Morgan fingerprint density at radius 2 is 2.54 bits per heavy atom. The zero-order valence-electron chi connectivity index (χ0n) is 7.34. The van der Waals surface area contributed by atoms with Crippen molar-refractivity contribution in [2.24, 2.45) is 5.73 Å². The molecule has 13 heavy (non-hydrogen) atoms. The van der Waals surface area contributed by atoms with Gasteiger partial charge < -0.3 is 5.73 Å². The molecule has 6 heteroatoms. The van der Waals surface area contributed by atoms with E-state index in [1.807, 2.05) is 6.92 Å². The molecule has 2 heterocycles. The van der Waals surface area contributed by atoms with Crippen LogP contribution in [0.15, 0.2) is 6.33 Å². The molecule has 2 aromatic heterocycles. The molecule has 0 spiro atoms. The molecule has 2 rings (SSSR count). The number of aromatic nitrogens is 4. The topological polar surface area (TPSA) is 69.1 Å². The second kappa shape index (κ2) is 3.39. The third-order valence-corrected chi connectivity index (χ3v) is 2.71. The highest BCUT2D eigenvalue weighted by atomic mass is 32.1. The lowest BCUT2D eigenvalue weighted by atomic mass is 10.2. The lowest BCUT2D eigenvalue weighted by Gasteiger charge is -1.99. The van der Waals surface area contributed by atoms with Gasteiger partial charge in [-0.25, -0.2) is 0 Å². The van der Waals surface area contributed by atoms with E-state index in [4.69, 9.17) is 5.73 Å². The van der Waals surface area contributed by atoms with Crippen LogP contribution >= 0.6 is 11.3 Å². The van der Waals surface area contributed by atoms with Gasteiger partial charge in [-0.05, 0) is 13.3 Å². The quantitative estimate of drug-likeness (QED) is 0.776. The fourth-order valence-corrected chi connectivity index (χ4v) is 1.88. The summed E-state index contributed by atoms with van der Waals surface area (Å²) in [6.45, 7) is 2.00. The van der Waals surface area contributed by atoms with Crippen molar-refractivity contribution in [3.63, 3.8) is 0 Å². The van der Waals surface area contributed by atoms with Crippen molar-refractivity contribution in [3.8, 4) is 0 Å². The normalized spacial score (nSPS) is 13.7. The molecule has 0 saturated carbocycles. The highest BCUT2D eigenvalue weighted by molar-refractivity contribution is 7.16. The van der Waals surface area contributed by atoms with Gasteiger partial charge in [-0.15, -0.1) is 10.2 Å². The van der Waals surface area contributed by atoms with Crippen LogP contribution in [0.1, 0.15) is 18.4 Å². The van der Waals surface area contributed by atoms with Crippen LogP contribution in [0, 0.1) is 0 Å². The minimum atomic E-state index is 0.231. The highest BCUT2D eigenvalue weighted by Gasteiger charge is 2.05. The van der Waals surface area contributed by atoms with E-state index in [1.54, 1.807) is 22.2 Å². The smallest absolute Gasteiger partial charge is 0.234 e. The van der Waals surface area contributed by atoms with Gasteiger partial charge in [-0.3, -0.25) is 0 Å². The van der Waals surface area contributed by atoms with Gasteiger partial charge in [0.05, 0.1) is 0 Å². The van der Waals surface area contributed by atoms with E-state index in [0.717, 1.165) is 22.8 Å². The molecule has 70 valence electrons. The molecule has 0 radical (unpaired) electrons. The molecule has 0 aliphatic heterocycles. The first-order chi connectivity index (χ1) is 6.25. The Kier molecular flexibility index (Phi) is 2.24. The predicted octanol–water partition coefficient (Wildman–Crippen LogP) is 0.466. The summed E-state index contributed by atoms with van der Waals surface area (Å²) in [6, 6.07) is 0.231. The van der Waals surface area contributed by atoms with Gasteiger partial charge in [-0.2, -0.15) is 9.61 Å². The van der Waals surface area contributed by atoms with Gasteiger partial charge in [0.15, 0.2) is 0 Å². The first kappa shape index (κ1) is 8.58. The molecule has 5 nitrogen and oxygen atoms in total. The monoisotopic (exact) mass is 197 g/mol. The molecule has 0 aliphatic carbocycles. The molecule has 1 unspecified atom stereocenters. The second-order valence-corrected chi connectivity index (χ2v) is 4.11. The van der Waals surface area contributed by atoms with E-state index in [9.17, 15) is 0 Å². The molecule has 0 bridgehead atoms. The maximum absolute atomic E-state index is 5.65. The molecular formula is C7H11N5S. The summed E-state index contributed by atoms with van der Waals surface area (Å²) in [5.74, 6) is 0. The van der Waals surface area contributed by atoms with Crippen LogP contribution in [0.5, 0.6) is 0 Å². The summed E-state index contributed by atoms with van der Waals surface area (Å²) in [6.07, 6.45) is 3.50. The van der Waals surface area contributed by atoms with Gasteiger partial charge >= 0.3 is 0 Å². The van der Waals surface area contributed by atoms with E-state index in [0.29, 0.717) is 0 Å². The molecule has 0 fully saturated rings. The third kappa shape index (κ3) is 1.84. The van der Waals surface area contributed by atoms with Gasteiger partial charge in [0.1, 0.15) is 11.3 Å². The van der Waals surface area contributed by atoms with Crippen LogP contribution in [0.2, 0.25) is 0 Å². The summed E-state index contributed by atoms with van der Waals surface area (Å²) in [5.41, 5.74) is 5.65. The van der Waals surface area contributed by atoms with Crippen LogP contribution < -0.4 is 5.73 Å². The Labute approximate surface area is 79.6 Å². The largest absolute Gasteiger partial charge is 0.328 e. The fourth-order valence-electron chi connectivity index (χ4n) is 1.05. The molecule has 0 saturated heterocycles. The number of rotatable bonds is 3. The summed E-state index contributed by atoms with van der Waals surface area (Å²) in [4.78, 5) is 0.847. The van der Waals surface area contributed by atoms with Crippen LogP contribution in [0.3, 0.4) is 0 Å². The average molecular weight is 197 g/mol. The standard InChI is InChI=1S/C7H11N5S/c1-5(8)2-3-6-11-12-4-9-10-7(12)13-6/h4-5H,2-3,8H2,1H3. The molecular weight excluding hydrogens is 186 g/mol. The number of nitrogens with two attached hydrogens (primary N) is 1. The van der Waals surface area contributed by atoms with Gasteiger partial charge in [0.25, 0.3) is 0 Å². The zero-order valence-corrected chi connectivity index (χ0v) is 8.16. The summed E-state index contributed by atoms with van der Waals surface area (Å²) in [7, 11) is 0. The lowest BCUT2D eigenvalue weighted by molar-refractivity contribution is 0.658. The molecule has 0 amide bonds. The summed E-state index contributed by atoms with van der Waals surface area (Å²) < 4.78 is 1.70. The number of hydrogen-bond donors (Lipinski definition) is 1. The van der Waals surface area contributed by atoms with Crippen LogP contribution in [-0.2, 0) is 6.42 Å². The molecule has 2 aromatic rings. The molecule has 2 N–H and O–H groups in total. The van der Waals surface area contributed by atoms with Gasteiger partial charge in [0.2, 0.25) is 4.96 Å². The maximum Gasteiger partial charge on any atom is 0.234 e. The third-order valence-electron chi connectivity index (χ3n) is 1.74. The first-order valence-corrected chi connectivity index (χ1v) is 4.98. The SMILES string of the molecule is CC(N)CCc1nn2cnnc2s1. The van der Waals surface area contributed by atoms with Crippen molar-refractivity contribution in [2.75, 3.05) is 0 Å². The number of aryl methyl sites for hydroxylation is 1. The number of hydrogen-bond acceptors (Lipinski definition) is 5. The van der Waals surface area contributed by atoms with E-state index in [2.05, 4.69) is 15.3 Å². The Morgan fingerprint density at radius 1 is 1.69 bits per heavy atom. The summed E-state index contributed by atoms with van der Waals surface area (Å²) >= 11 is 1.57. The van der Waals surface area contributed by atoms with Crippen molar-refractivity contribution in [2.45, 2.75) is 25.8 Å². The maximum atomic E-state index is 5.65. The lowest BCUT2D eigenvalue weighted by Crippen LogP contribution is -2.15. The number of fused-ring (bicyclic) bond motifs is 1. The van der Waals surface area contributed by atoms with Crippen LogP contribution in [0.4, 0.5) is 0 Å². The van der Waals surface area contributed by atoms with Gasteiger partial charge in [-0.1, -0.05) is 11.3 Å². The Morgan fingerprint density at radius 3 is 3.23 bits per heavy atom.